The van der Waals surface area contributed by atoms with Crippen LogP contribution in [0, 0.1) is 17.8 Å². The van der Waals surface area contributed by atoms with Gasteiger partial charge in [-0.3, -0.25) is 4.79 Å². The Bertz CT molecular complexity index is 1040. The molecule has 174 valence electrons. The molecule has 2 aromatic rings. The highest BCUT2D eigenvalue weighted by molar-refractivity contribution is 5.79. The summed E-state index contributed by atoms with van der Waals surface area (Å²) in [5.41, 5.74) is 9.01. The average Bonchev–Trinajstić information content (AvgIpc) is 3.56. The molecule has 2 bridgehead atoms. The number of hydrogen-bond donors (Lipinski definition) is 4. The predicted molar refractivity (Wildman–Crippen MR) is 128 cm³/mol. The van der Waals surface area contributed by atoms with Crippen molar-refractivity contribution >= 4 is 34.9 Å². The van der Waals surface area contributed by atoms with E-state index in [0.717, 1.165) is 81.4 Å². The molecule has 4 aliphatic rings. The first-order chi connectivity index (χ1) is 16.2. The maximum Gasteiger partial charge on any atom is 0.231 e. The number of nitrogens with one attached hydrogen (secondary N) is 3. The fraction of sp³-hybridized carbons (Fsp3) is 0.542. The number of nitrogens with two attached hydrogens (primary N) is 1. The molecule has 1 amide bonds. The maximum absolute atomic E-state index is 12.2. The van der Waals surface area contributed by atoms with Crippen molar-refractivity contribution in [3.8, 4) is 0 Å². The molecule has 0 spiro atoms. The Morgan fingerprint density at radius 3 is 2.70 bits per heavy atom. The quantitative estimate of drug-likeness (QED) is 0.531. The summed E-state index contributed by atoms with van der Waals surface area (Å²) in [5.74, 6) is 2.80. The second-order valence-corrected chi connectivity index (χ2v) is 9.60. The molecule has 2 saturated carbocycles. The van der Waals surface area contributed by atoms with E-state index in [2.05, 4.69) is 45.1 Å². The molecule has 4 unspecified atom stereocenters. The second kappa shape index (κ2) is 8.37. The van der Waals surface area contributed by atoms with Crippen LogP contribution < -0.4 is 26.6 Å². The van der Waals surface area contributed by atoms with Crippen molar-refractivity contribution in [3.63, 3.8) is 0 Å². The number of carbonyl (C=O) groups is 1. The largest absolute Gasteiger partial charge is 0.378 e. The molecule has 1 saturated heterocycles. The molecule has 4 atom stereocenters. The van der Waals surface area contributed by atoms with Crippen LogP contribution >= 0.6 is 0 Å². The molecular weight excluding hydrogens is 418 g/mol. The van der Waals surface area contributed by atoms with Crippen molar-refractivity contribution in [2.45, 2.75) is 31.7 Å². The van der Waals surface area contributed by atoms with E-state index >= 15 is 0 Å². The van der Waals surface area contributed by atoms with Gasteiger partial charge in [0, 0.05) is 42.6 Å². The van der Waals surface area contributed by atoms with Crippen LogP contribution in [-0.2, 0) is 16.0 Å². The lowest BCUT2D eigenvalue weighted by Crippen LogP contribution is -2.42. The lowest BCUT2D eigenvalue weighted by Gasteiger charge is -2.30. The van der Waals surface area contributed by atoms with Crippen LogP contribution in [0.4, 0.5) is 29.0 Å². The standard InChI is InChI=1S/C24H31N7O2/c25-21(32)19-14-1-2-15(13-14)20(19)28-23-18-7-8-26-22(18)29-24(30-23)27-16-3-5-17(6-4-16)31-9-11-33-12-10-31/h3-6,14-15,19-20H,1-2,7-13H2,(H2,25,32)(H3,26,27,28,29,30). The highest BCUT2D eigenvalue weighted by Gasteiger charge is 2.50. The molecule has 2 aliphatic heterocycles. The molecule has 9 heteroatoms. The van der Waals surface area contributed by atoms with Crippen LogP contribution in [0.5, 0.6) is 0 Å². The van der Waals surface area contributed by atoms with Gasteiger partial charge in [-0.2, -0.15) is 9.97 Å². The third kappa shape index (κ3) is 3.84. The molecule has 5 N–H and O–H groups in total. The highest BCUT2D eigenvalue weighted by Crippen LogP contribution is 2.49. The minimum atomic E-state index is -0.192. The van der Waals surface area contributed by atoms with Gasteiger partial charge in [-0.05, 0) is 61.8 Å². The van der Waals surface area contributed by atoms with E-state index in [1.165, 1.54) is 5.69 Å². The van der Waals surface area contributed by atoms with Gasteiger partial charge in [0.05, 0.1) is 19.1 Å². The van der Waals surface area contributed by atoms with Gasteiger partial charge in [-0.1, -0.05) is 0 Å². The molecule has 9 nitrogen and oxygen atoms in total. The van der Waals surface area contributed by atoms with Gasteiger partial charge in [-0.25, -0.2) is 0 Å². The Labute approximate surface area is 193 Å². The summed E-state index contributed by atoms with van der Waals surface area (Å²) in [6, 6.07) is 8.40. The van der Waals surface area contributed by atoms with Gasteiger partial charge in [0.25, 0.3) is 0 Å². The van der Waals surface area contributed by atoms with E-state index in [1.54, 1.807) is 0 Å². The Morgan fingerprint density at radius 1 is 1.12 bits per heavy atom. The van der Waals surface area contributed by atoms with E-state index in [4.69, 9.17) is 20.4 Å². The number of nitrogens with zero attached hydrogens (tertiary/aromatic N) is 3. The summed E-state index contributed by atoms with van der Waals surface area (Å²) in [5, 5.41) is 10.4. The third-order valence-electron chi connectivity index (χ3n) is 7.72. The van der Waals surface area contributed by atoms with Crippen molar-refractivity contribution in [2.24, 2.45) is 23.5 Å². The van der Waals surface area contributed by atoms with Crippen molar-refractivity contribution in [3.05, 3.63) is 29.8 Å². The van der Waals surface area contributed by atoms with Crippen molar-refractivity contribution in [1.29, 1.82) is 0 Å². The van der Waals surface area contributed by atoms with Crippen LogP contribution in [0.1, 0.15) is 24.8 Å². The number of ether oxygens (including phenoxy) is 1. The van der Waals surface area contributed by atoms with Gasteiger partial charge in [0.15, 0.2) is 0 Å². The number of fused-ring (bicyclic) bond motifs is 3. The van der Waals surface area contributed by atoms with E-state index in [9.17, 15) is 4.79 Å². The molecule has 3 heterocycles. The number of aromatic nitrogens is 2. The average molecular weight is 450 g/mol. The Morgan fingerprint density at radius 2 is 1.91 bits per heavy atom. The molecule has 1 aromatic heterocycles. The number of rotatable bonds is 6. The van der Waals surface area contributed by atoms with Gasteiger partial charge in [-0.15, -0.1) is 0 Å². The van der Waals surface area contributed by atoms with Crippen molar-refractivity contribution in [2.75, 3.05) is 53.7 Å². The van der Waals surface area contributed by atoms with Crippen LogP contribution in [0.2, 0.25) is 0 Å². The van der Waals surface area contributed by atoms with E-state index in [-0.39, 0.29) is 17.9 Å². The number of benzene rings is 1. The minimum absolute atomic E-state index is 0.0569. The van der Waals surface area contributed by atoms with E-state index in [0.29, 0.717) is 17.8 Å². The van der Waals surface area contributed by atoms with Gasteiger partial charge < -0.3 is 31.3 Å². The number of anilines is 5. The monoisotopic (exact) mass is 449 g/mol. The lowest BCUT2D eigenvalue weighted by molar-refractivity contribution is -0.123. The zero-order valence-corrected chi connectivity index (χ0v) is 18.7. The summed E-state index contributed by atoms with van der Waals surface area (Å²) in [7, 11) is 0. The van der Waals surface area contributed by atoms with E-state index in [1.807, 2.05) is 0 Å². The molecule has 0 radical (unpaired) electrons. The number of amides is 1. The molecule has 33 heavy (non-hydrogen) atoms. The number of carbonyl (C=O) groups excluding carboxylic acids is 1. The summed E-state index contributed by atoms with van der Waals surface area (Å²) in [6.45, 7) is 4.20. The van der Waals surface area contributed by atoms with Crippen LogP contribution in [0.25, 0.3) is 0 Å². The Balaban J connectivity index is 1.23. The van der Waals surface area contributed by atoms with Crippen molar-refractivity contribution in [1.82, 2.24) is 9.97 Å². The van der Waals surface area contributed by atoms with Crippen LogP contribution in [0.15, 0.2) is 24.3 Å². The summed E-state index contributed by atoms with van der Waals surface area (Å²) in [6.07, 6.45) is 4.21. The molecule has 1 aromatic carbocycles. The summed E-state index contributed by atoms with van der Waals surface area (Å²) < 4.78 is 5.45. The second-order valence-electron chi connectivity index (χ2n) is 9.60. The van der Waals surface area contributed by atoms with Crippen molar-refractivity contribution < 1.29 is 9.53 Å². The molecule has 2 aliphatic carbocycles. The molecule has 6 rings (SSSR count). The first-order valence-electron chi connectivity index (χ1n) is 12.1. The zero-order valence-electron chi connectivity index (χ0n) is 18.7. The number of morpholine rings is 1. The first-order valence-corrected chi connectivity index (χ1v) is 12.1. The lowest BCUT2D eigenvalue weighted by atomic mass is 9.84. The Hall–Kier alpha value is -3.07. The zero-order chi connectivity index (χ0) is 22.4. The first kappa shape index (κ1) is 20.5. The van der Waals surface area contributed by atoms with E-state index < -0.39 is 0 Å². The van der Waals surface area contributed by atoms with Crippen LogP contribution in [-0.4, -0.2) is 54.8 Å². The topological polar surface area (TPSA) is 117 Å². The minimum Gasteiger partial charge on any atom is -0.378 e. The SMILES string of the molecule is NC(=O)C1C2CCC(C2)C1Nc1nc(Nc2ccc(N3CCOCC3)cc2)nc2c1CCN2. The number of hydrogen-bond acceptors (Lipinski definition) is 8. The molecule has 3 fully saturated rings. The smallest absolute Gasteiger partial charge is 0.231 e. The fourth-order valence-corrected chi connectivity index (χ4v) is 6.12. The highest BCUT2D eigenvalue weighted by atomic mass is 16.5. The summed E-state index contributed by atoms with van der Waals surface area (Å²) >= 11 is 0. The van der Waals surface area contributed by atoms with Gasteiger partial charge >= 0.3 is 0 Å². The fourth-order valence-electron chi connectivity index (χ4n) is 6.12. The molecular formula is C24H31N7O2. The van der Waals surface area contributed by atoms with Crippen LogP contribution in [0.3, 0.4) is 0 Å². The number of primary amides is 1. The normalized spacial score (nSPS) is 27.8. The van der Waals surface area contributed by atoms with Gasteiger partial charge in [0.2, 0.25) is 11.9 Å². The Kier molecular flexibility index (Phi) is 5.21. The third-order valence-corrected chi connectivity index (χ3v) is 7.72. The maximum atomic E-state index is 12.2. The van der Waals surface area contributed by atoms with Gasteiger partial charge in [0.1, 0.15) is 11.6 Å². The summed E-state index contributed by atoms with van der Waals surface area (Å²) in [4.78, 5) is 24.1. The predicted octanol–water partition coefficient (Wildman–Crippen LogP) is 2.34.